The Kier molecular flexibility index (Phi) is 6.64. The van der Waals surface area contributed by atoms with Crippen LogP contribution in [0.15, 0.2) is 24.3 Å². The number of morpholine rings is 1. The summed E-state index contributed by atoms with van der Waals surface area (Å²) in [6.45, 7) is 6.88. The van der Waals surface area contributed by atoms with E-state index in [9.17, 15) is 9.59 Å². The minimum atomic E-state index is -0.773. The largest absolute Gasteiger partial charge is 0.494 e. The first-order valence-corrected chi connectivity index (χ1v) is 8.68. The fourth-order valence-electron chi connectivity index (χ4n) is 2.97. The smallest absolute Gasteiger partial charge is 0.318 e. The molecule has 7 heteroatoms. The lowest BCUT2D eigenvalue weighted by Gasteiger charge is -2.36. The van der Waals surface area contributed by atoms with Crippen LogP contribution in [0.3, 0.4) is 0 Å². The highest BCUT2D eigenvalue weighted by Crippen LogP contribution is 2.27. The van der Waals surface area contributed by atoms with E-state index in [0.717, 1.165) is 17.7 Å². The number of ether oxygens (including phenoxy) is 2. The lowest BCUT2D eigenvalue weighted by molar-refractivity contribution is -0.139. The molecule has 2 unspecified atom stereocenters. The average molecular weight is 349 g/mol. The number of nitrogens with two attached hydrogens (primary N) is 1. The van der Waals surface area contributed by atoms with Crippen LogP contribution in [-0.4, -0.2) is 48.7 Å². The summed E-state index contributed by atoms with van der Waals surface area (Å²) in [6, 6.07) is 7.26. The lowest BCUT2D eigenvalue weighted by Crippen LogP contribution is -2.56. The zero-order chi connectivity index (χ0) is 18.4. The van der Waals surface area contributed by atoms with E-state index in [1.54, 1.807) is 4.90 Å². The van der Waals surface area contributed by atoms with Gasteiger partial charge in [-0.2, -0.15) is 0 Å². The average Bonchev–Trinajstić information content (AvgIpc) is 2.60. The Morgan fingerprint density at radius 2 is 2.08 bits per heavy atom. The normalized spacial score (nSPS) is 21.5. The maximum atomic E-state index is 12.7. The minimum Gasteiger partial charge on any atom is -0.494 e. The van der Waals surface area contributed by atoms with Gasteiger partial charge in [-0.15, -0.1) is 0 Å². The predicted octanol–water partition coefficient (Wildman–Crippen LogP) is 1.82. The van der Waals surface area contributed by atoms with Crippen molar-refractivity contribution in [3.63, 3.8) is 0 Å². The molecule has 1 aliphatic rings. The molecule has 1 aromatic carbocycles. The van der Waals surface area contributed by atoms with Gasteiger partial charge in [-0.1, -0.05) is 25.1 Å². The van der Waals surface area contributed by atoms with Crippen LogP contribution in [0.4, 0.5) is 4.79 Å². The molecular formula is C18H27N3O4. The monoisotopic (exact) mass is 349 g/mol. The van der Waals surface area contributed by atoms with E-state index in [4.69, 9.17) is 15.2 Å². The molecule has 1 aliphatic heterocycles. The van der Waals surface area contributed by atoms with Crippen LogP contribution in [-0.2, 0) is 9.53 Å². The van der Waals surface area contributed by atoms with Gasteiger partial charge in [0.1, 0.15) is 5.75 Å². The number of benzene rings is 1. The van der Waals surface area contributed by atoms with Gasteiger partial charge < -0.3 is 25.4 Å². The zero-order valence-corrected chi connectivity index (χ0v) is 15.0. The van der Waals surface area contributed by atoms with E-state index in [2.05, 4.69) is 5.32 Å². The number of para-hydroxylation sites is 1. The topological polar surface area (TPSA) is 93.9 Å². The summed E-state index contributed by atoms with van der Waals surface area (Å²) in [7, 11) is 0. The van der Waals surface area contributed by atoms with Gasteiger partial charge in [0.15, 0.2) is 6.10 Å². The summed E-state index contributed by atoms with van der Waals surface area (Å²) in [5, 5.41) is 3.03. The Bertz CT molecular complexity index is 608. The van der Waals surface area contributed by atoms with Crippen LogP contribution in [0.2, 0.25) is 0 Å². The molecule has 1 heterocycles. The molecule has 2 rings (SSSR count). The van der Waals surface area contributed by atoms with E-state index in [0.29, 0.717) is 13.2 Å². The third kappa shape index (κ3) is 4.85. The number of urea groups is 1. The Morgan fingerprint density at radius 3 is 2.72 bits per heavy atom. The van der Waals surface area contributed by atoms with Gasteiger partial charge in [0.05, 0.1) is 25.3 Å². The van der Waals surface area contributed by atoms with Crippen molar-refractivity contribution in [3.8, 4) is 5.75 Å². The summed E-state index contributed by atoms with van der Waals surface area (Å²) in [6.07, 6.45) is -0.298. The van der Waals surface area contributed by atoms with Crippen LogP contribution in [0.5, 0.6) is 5.75 Å². The molecule has 3 N–H and O–H groups in total. The van der Waals surface area contributed by atoms with E-state index < -0.39 is 12.0 Å². The fraction of sp³-hybridized carbons (Fsp3) is 0.556. The third-order valence-corrected chi connectivity index (χ3v) is 4.17. The summed E-state index contributed by atoms with van der Waals surface area (Å²) in [5.74, 6) is 0.209. The Morgan fingerprint density at radius 1 is 1.36 bits per heavy atom. The second-order valence-electron chi connectivity index (χ2n) is 6.12. The second kappa shape index (κ2) is 8.71. The quantitative estimate of drug-likeness (QED) is 0.819. The highest BCUT2D eigenvalue weighted by molar-refractivity contribution is 5.81. The molecule has 3 amide bonds. The van der Waals surface area contributed by atoms with Gasteiger partial charge in [-0.3, -0.25) is 4.79 Å². The van der Waals surface area contributed by atoms with Crippen molar-refractivity contribution in [2.24, 2.45) is 5.73 Å². The van der Waals surface area contributed by atoms with Gasteiger partial charge in [-0.25, -0.2) is 4.79 Å². The van der Waals surface area contributed by atoms with Crippen molar-refractivity contribution in [2.45, 2.75) is 45.4 Å². The van der Waals surface area contributed by atoms with Crippen molar-refractivity contribution in [3.05, 3.63) is 29.8 Å². The molecule has 0 radical (unpaired) electrons. The first kappa shape index (κ1) is 19.1. The standard InChI is InChI=1S/C18H27N3O4/c1-4-14(13-8-6-7-9-15(13)24-5-2)20-18(23)21-10-12(3)25-16(11-21)17(19)22/h6-9,12,14,16H,4-5,10-11H2,1-3H3,(H2,19,22)(H,20,23)/t12-,14?,16?/m1/s1. The summed E-state index contributed by atoms with van der Waals surface area (Å²) in [5.41, 5.74) is 6.26. The Balaban J connectivity index is 2.10. The molecule has 0 aliphatic carbocycles. The van der Waals surface area contributed by atoms with Crippen LogP contribution >= 0.6 is 0 Å². The second-order valence-corrected chi connectivity index (χ2v) is 6.12. The van der Waals surface area contributed by atoms with E-state index in [1.165, 1.54) is 0 Å². The number of rotatable bonds is 6. The molecule has 1 saturated heterocycles. The molecule has 0 bridgehead atoms. The van der Waals surface area contributed by atoms with E-state index in [-0.39, 0.29) is 24.7 Å². The molecule has 0 aromatic heterocycles. The zero-order valence-electron chi connectivity index (χ0n) is 15.0. The predicted molar refractivity (Wildman–Crippen MR) is 94.3 cm³/mol. The number of carbonyl (C=O) groups is 2. The molecule has 1 fully saturated rings. The SMILES string of the molecule is CCOc1ccccc1C(CC)NC(=O)N1CC(C(N)=O)O[C@H](C)C1. The van der Waals surface area contributed by atoms with Crippen molar-refractivity contribution in [1.29, 1.82) is 0 Å². The molecule has 0 spiro atoms. The molecule has 25 heavy (non-hydrogen) atoms. The van der Waals surface area contributed by atoms with E-state index >= 15 is 0 Å². The highest BCUT2D eigenvalue weighted by atomic mass is 16.5. The summed E-state index contributed by atoms with van der Waals surface area (Å²) >= 11 is 0. The van der Waals surface area contributed by atoms with Crippen molar-refractivity contribution < 1.29 is 19.1 Å². The van der Waals surface area contributed by atoms with Crippen LogP contribution in [0.25, 0.3) is 0 Å². The first-order chi connectivity index (χ1) is 12.0. The number of hydrogen-bond acceptors (Lipinski definition) is 4. The minimum absolute atomic E-state index is 0.162. The number of nitrogens with one attached hydrogen (secondary N) is 1. The highest BCUT2D eigenvalue weighted by Gasteiger charge is 2.32. The van der Waals surface area contributed by atoms with E-state index in [1.807, 2.05) is 45.0 Å². The van der Waals surface area contributed by atoms with Crippen molar-refractivity contribution in [1.82, 2.24) is 10.2 Å². The van der Waals surface area contributed by atoms with Crippen molar-refractivity contribution in [2.75, 3.05) is 19.7 Å². The van der Waals surface area contributed by atoms with Crippen molar-refractivity contribution >= 4 is 11.9 Å². The number of primary amides is 1. The summed E-state index contributed by atoms with van der Waals surface area (Å²) < 4.78 is 11.1. The van der Waals surface area contributed by atoms with Crippen LogP contribution in [0, 0.1) is 0 Å². The molecule has 1 aromatic rings. The number of carbonyl (C=O) groups excluding carboxylic acids is 2. The summed E-state index contributed by atoms with van der Waals surface area (Å²) in [4.78, 5) is 25.7. The molecule has 3 atom stereocenters. The van der Waals surface area contributed by atoms with Gasteiger partial charge in [-0.05, 0) is 26.3 Å². The van der Waals surface area contributed by atoms with Gasteiger partial charge in [0.2, 0.25) is 5.91 Å². The molecule has 0 saturated carbocycles. The third-order valence-electron chi connectivity index (χ3n) is 4.17. The number of hydrogen-bond donors (Lipinski definition) is 2. The van der Waals surface area contributed by atoms with Gasteiger partial charge >= 0.3 is 6.03 Å². The lowest BCUT2D eigenvalue weighted by atomic mass is 10.0. The molecular weight excluding hydrogens is 322 g/mol. The number of amides is 3. The molecule has 7 nitrogen and oxygen atoms in total. The number of nitrogens with zero attached hydrogens (tertiary/aromatic N) is 1. The Labute approximate surface area is 148 Å². The maximum Gasteiger partial charge on any atom is 0.318 e. The van der Waals surface area contributed by atoms with Gasteiger partial charge in [0.25, 0.3) is 0 Å². The fourth-order valence-corrected chi connectivity index (χ4v) is 2.97. The Hall–Kier alpha value is -2.28. The van der Waals surface area contributed by atoms with Crippen LogP contribution < -0.4 is 15.8 Å². The molecule has 138 valence electrons. The maximum absolute atomic E-state index is 12.7. The first-order valence-electron chi connectivity index (χ1n) is 8.68. The van der Waals surface area contributed by atoms with Gasteiger partial charge in [0, 0.05) is 12.1 Å². The van der Waals surface area contributed by atoms with Crippen LogP contribution in [0.1, 0.15) is 38.8 Å².